The summed E-state index contributed by atoms with van der Waals surface area (Å²) in [5, 5.41) is 0.889. The molecule has 0 radical (unpaired) electrons. The van der Waals surface area contributed by atoms with Crippen LogP contribution in [-0.4, -0.2) is 33.9 Å². The van der Waals surface area contributed by atoms with E-state index in [0.717, 1.165) is 64.9 Å². The van der Waals surface area contributed by atoms with Gasteiger partial charge in [0.2, 0.25) is 0 Å². The molecule has 1 saturated heterocycles. The zero-order valence-corrected chi connectivity index (χ0v) is 15.8. The molecule has 1 amide bonds. The number of rotatable bonds is 4. The minimum atomic E-state index is 0.165. The molecular formula is C21H23N3OS. The minimum absolute atomic E-state index is 0.165. The van der Waals surface area contributed by atoms with Crippen molar-refractivity contribution in [2.45, 2.75) is 30.7 Å². The van der Waals surface area contributed by atoms with E-state index in [0.29, 0.717) is 0 Å². The predicted molar refractivity (Wildman–Crippen MR) is 106 cm³/mol. The average Bonchev–Trinajstić information content (AvgIpc) is 3.10. The summed E-state index contributed by atoms with van der Waals surface area (Å²) in [6.45, 7) is 4.00. The molecule has 1 N–H and O–H groups in total. The number of fused-ring (bicyclic) bond motifs is 1. The van der Waals surface area contributed by atoms with Gasteiger partial charge in [0.05, 0.1) is 11.0 Å². The van der Waals surface area contributed by atoms with Crippen molar-refractivity contribution in [3.8, 4) is 0 Å². The molecule has 0 atom stereocenters. The number of nitrogens with zero attached hydrogens (tertiary/aromatic N) is 2. The number of likely N-dealkylation sites (tertiary alicyclic amines) is 1. The lowest BCUT2D eigenvalue weighted by Crippen LogP contribution is -2.38. The van der Waals surface area contributed by atoms with E-state index >= 15 is 0 Å². The van der Waals surface area contributed by atoms with Crippen LogP contribution < -0.4 is 0 Å². The lowest BCUT2D eigenvalue weighted by molar-refractivity contribution is 0.0696. The molecular weight excluding hydrogens is 342 g/mol. The van der Waals surface area contributed by atoms with Crippen LogP contribution in [0, 0.1) is 5.92 Å². The first-order valence-corrected chi connectivity index (χ1v) is 10.1. The van der Waals surface area contributed by atoms with Gasteiger partial charge in [-0.1, -0.05) is 49.0 Å². The van der Waals surface area contributed by atoms with Crippen molar-refractivity contribution < 1.29 is 4.79 Å². The predicted octanol–water partition coefficient (Wildman–Crippen LogP) is 4.73. The summed E-state index contributed by atoms with van der Waals surface area (Å²) in [6.07, 6.45) is 2.20. The molecule has 0 saturated carbocycles. The number of thioether (sulfide) groups is 1. The summed E-state index contributed by atoms with van der Waals surface area (Å²) < 4.78 is 0. The molecule has 4 rings (SSSR count). The Hall–Kier alpha value is -2.27. The lowest BCUT2D eigenvalue weighted by Gasteiger charge is -2.30. The van der Waals surface area contributed by atoms with Gasteiger partial charge in [0, 0.05) is 24.4 Å². The SMILES string of the molecule is CC1CCN(C(=O)c2ccccc2CSc2nc3ccccc3[nH]2)CC1. The van der Waals surface area contributed by atoms with Crippen LogP contribution in [0.15, 0.2) is 53.7 Å². The molecule has 2 aromatic carbocycles. The van der Waals surface area contributed by atoms with Gasteiger partial charge in [-0.15, -0.1) is 0 Å². The molecule has 3 aromatic rings. The minimum Gasteiger partial charge on any atom is -0.339 e. The first-order chi connectivity index (χ1) is 12.7. The largest absolute Gasteiger partial charge is 0.339 e. The second kappa shape index (κ2) is 7.54. The van der Waals surface area contributed by atoms with E-state index in [2.05, 4.69) is 23.0 Å². The maximum Gasteiger partial charge on any atom is 0.254 e. The highest BCUT2D eigenvalue weighted by atomic mass is 32.2. The highest BCUT2D eigenvalue weighted by Crippen LogP contribution is 2.26. The molecule has 1 aliphatic heterocycles. The maximum atomic E-state index is 13.0. The quantitative estimate of drug-likeness (QED) is 0.680. The van der Waals surface area contributed by atoms with Crippen LogP contribution in [0.3, 0.4) is 0 Å². The van der Waals surface area contributed by atoms with E-state index in [-0.39, 0.29) is 5.91 Å². The number of hydrogen-bond acceptors (Lipinski definition) is 3. The van der Waals surface area contributed by atoms with Gasteiger partial charge in [0.1, 0.15) is 0 Å². The molecule has 134 valence electrons. The van der Waals surface area contributed by atoms with Crippen LogP contribution in [0.1, 0.15) is 35.7 Å². The van der Waals surface area contributed by atoms with E-state index in [1.54, 1.807) is 11.8 Å². The second-order valence-electron chi connectivity index (χ2n) is 6.98. The van der Waals surface area contributed by atoms with Crippen molar-refractivity contribution in [2.24, 2.45) is 5.92 Å². The summed E-state index contributed by atoms with van der Waals surface area (Å²) in [5.41, 5.74) is 3.91. The number of carbonyl (C=O) groups is 1. The van der Waals surface area contributed by atoms with Crippen LogP contribution in [0.25, 0.3) is 11.0 Å². The topological polar surface area (TPSA) is 49.0 Å². The van der Waals surface area contributed by atoms with Crippen molar-refractivity contribution in [2.75, 3.05) is 13.1 Å². The zero-order chi connectivity index (χ0) is 17.9. The number of hydrogen-bond donors (Lipinski definition) is 1. The third-order valence-corrected chi connectivity index (χ3v) is 5.97. The monoisotopic (exact) mass is 365 g/mol. The van der Waals surface area contributed by atoms with Gasteiger partial charge >= 0.3 is 0 Å². The van der Waals surface area contributed by atoms with E-state index in [1.165, 1.54) is 0 Å². The van der Waals surface area contributed by atoms with Crippen LogP contribution in [0.4, 0.5) is 0 Å². The van der Waals surface area contributed by atoms with Crippen molar-refractivity contribution >= 4 is 28.7 Å². The zero-order valence-electron chi connectivity index (χ0n) is 14.9. The smallest absolute Gasteiger partial charge is 0.254 e. The average molecular weight is 366 g/mol. The number of aromatic amines is 1. The number of H-pyrrole nitrogens is 1. The fourth-order valence-corrected chi connectivity index (χ4v) is 4.27. The Balaban J connectivity index is 1.49. The number of piperidine rings is 1. The number of imidazole rings is 1. The van der Waals surface area contributed by atoms with Crippen molar-refractivity contribution in [3.05, 3.63) is 59.7 Å². The Labute approximate surface area is 158 Å². The van der Waals surface area contributed by atoms with E-state index in [1.807, 2.05) is 47.4 Å². The Kier molecular flexibility index (Phi) is 4.98. The number of aromatic nitrogens is 2. The van der Waals surface area contributed by atoms with Crippen molar-refractivity contribution in [1.29, 1.82) is 0 Å². The fourth-order valence-electron chi connectivity index (χ4n) is 3.38. The highest BCUT2D eigenvalue weighted by Gasteiger charge is 2.23. The normalized spacial score (nSPS) is 15.5. The molecule has 26 heavy (non-hydrogen) atoms. The first-order valence-electron chi connectivity index (χ1n) is 9.15. The molecule has 5 heteroatoms. The van der Waals surface area contributed by atoms with Gasteiger partial charge in [-0.2, -0.15) is 0 Å². The molecule has 0 spiro atoms. The Morgan fingerprint density at radius 3 is 2.69 bits per heavy atom. The van der Waals surface area contributed by atoms with Gasteiger partial charge in [-0.05, 0) is 42.5 Å². The third-order valence-electron chi connectivity index (χ3n) is 5.05. The summed E-state index contributed by atoms with van der Waals surface area (Å²) in [4.78, 5) is 22.9. The number of benzene rings is 2. The Morgan fingerprint density at radius 1 is 1.15 bits per heavy atom. The highest BCUT2D eigenvalue weighted by molar-refractivity contribution is 7.98. The lowest BCUT2D eigenvalue weighted by atomic mass is 9.98. The summed E-state index contributed by atoms with van der Waals surface area (Å²) in [5.74, 6) is 1.61. The summed E-state index contributed by atoms with van der Waals surface area (Å²) in [7, 11) is 0. The van der Waals surface area contributed by atoms with Gasteiger partial charge in [0.15, 0.2) is 5.16 Å². The van der Waals surface area contributed by atoms with E-state index in [9.17, 15) is 4.79 Å². The number of amides is 1. The van der Waals surface area contributed by atoms with Crippen molar-refractivity contribution in [1.82, 2.24) is 14.9 Å². The van der Waals surface area contributed by atoms with Crippen LogP contribution in [-0.2, 0) is 5.75 Å². The van der Waals surface area contributed by atoms with Gasteiger partial charge in [-0.3, -0.25) is 4.79 Å². The molecule has 1 aliphatic rings. The fraction of sp³-hybridized carbons (Fsp3) is 0.333. The summed E-state index contributed by atoms with van der Waals surface area (Å²) in [6, 6.07) is 16.0. The Morgan fingerprint density at radius 2 is 1.88 bits per heavy atom. The third kappa shape index (κ3) is 3.63. The standard InChI is InChI=1S/C21H23N3OS/c1-15-10-12-24(13-11-15)20(25)17-7-3-2-6-16(17)14-26-21-22-18-8-4-5-9-19(18)23-21/h2-9,15H,10-14H2,1H3,(H,22,23). The van der Waals surface area contributed by atoms with Crippen LogP contribution in [0.2, 0.25) is 0 Å². The number of carbonyl (C=O) groups excluding carboxylic acids is 1. The second-order valence-corrected chi connectivity index (χ2v) is 7.94. The molecule has 0 aliphatic carbocycles. The number of para-hydroxylation sites is 2. The molecule has 0 unspecified atom stereocenters. The molecule has 1 fully saturated rings. The molecule has 1 aromatic heterocycles. The van der Waals surface area contributed by atoms with Crippen LogP contribution >= 0.6 is 11.8 Å². The van der Waals surface area contributed by atoms with Gasteiger partial charge < -0.3 is 9.88 Å². The molecule has 2 heterocycles. The Bertz CT molecular complexity index is 879. The van der Waals surface area contributed by atoms with Gasteiger partial charge in [0.25, 0.3) is 5.91 Å². The summed E-state index contributed by atoms with van der Waals surface area (Å²) >= 11 is 1.64. The maximum absolute atomic E-state index is 13.0. The van der Waals surface area contributed by atoms with E-state index in [4.69, 9.17) is 0 Å². The molecule has 0 bridgehead atoms. The van der Waals surface area contributed by atoms with Gasteiger partial charge in [-0.25, -0.2) is 4.98 Å². The van der Waals surface area contributed by atoms with Crippen molar-refractivity contribution in [3.63, 3.8) is 0 Å². The molecule has 4 nitrogen and oxygen atoms in total. The first kappa shape index (κ1) is 17.2. The van der Waals surface area contributed by atoms with E-state index < -0.39 is 0 Å². The van der Waals surface area contributed by atoms with Crippen LogP contribution in [0.5, 0.6) is 0 Å². The number of nitrogens with one attached hydrogen (secondary N) is 1.